The molecule has 0 unspecified atom stereocenters. The number of anilines is 3. The number of nitrogen functional groups attached to an aromatic ring is 1. The number of nitrogens with one attached hydrogen (secondary N) is 1. The van der Waals surface area contributed by atoms with E-state index in [2.05, 4.69) is 5.32 Å². The molecule has 3 rings (SSSR count). The third-order valence-electron chi connectivity index (χ3n) is 3.26. The van der Waals surface area contributed by atoms with Gasteiger partial charge in [-0.25, -0.2) is 4.39 Å². The van der Waals surface area contributed by atoms with Gasteiger partial charge in [-0.1, -0.05) is 12.1 Å². The lowest BCUT2D eigenvalue weighted by molar-refractivity contribution is -0.115. The van der Waals surface area contributed by atoms with E-state index < -0.39 is 11.7 Å². The molecule has 0 saturated heterocycles. The monoisotopic (exact) mass is 285 g/mol. The first kappa shape index (κ1) is 13.1. The maximum atomic E-state index is 13.3. The van der Waals surface area contributed by atoms with Crippen molar-refractivity contribution < 1.29 is 14.0 Å². The van der Waals surface area contributed by atoms with E-state index in [1.54, 1.807) is 24.3 Å². The molecule has 1 aliphatic heterocycles. The highest BCUT2D eigenvalue weighted by atomic mass is 19.1. The third-order valence-corrected chi connectivity index (χ3v) is 3.26. The molecule has 0 saturated carbocycles. The fourth-order valence-corrected chi connectivity index (χ4v) is 2.27. The Morgan fingerprint density at radius 2 is 2.00 bits per heavy atom. The fraction of sp³-hybridized carbons (Fsp3) is 0.0667. The number of hydrogen-bond donors (Lipinski definition) is 2. The van der Waals surface area contributed by atoms with Crippen LogP contribution in [-0.2, 0) is 4.79 Å². The summed E-state index contributed by atoms with van der Waals surface area (Å²) in [5.41, 5.74) is 7.05. The van der Waals surface area contributed by atoms with Gasteiger partial charge in [-0.05, 0) is 30.3 Å². The highest BCUT2D eigenvalue weighted by molar-refractivity contribution is 6.16. The summed E-state index contributed by atoms with van der Waals surface area (Å²) in [5, 5.41) is 2.68. The Labute approximate surface area is 120 Å². The quantitative estimate of drug-likeness (QED) is 0.787. The van der Waals surface area contributed by atoms with E-state index in [1.165, 1.54) is 17.0 Å². The van der Waals surface area contributed by atoms with Gasteiger partial charge in [-0.15, -0.1) is 0 Å². The Morgan fingerprint density at radius 3 is 2.81 bits per heavy atom. The molecule has 5 nitrogen and oxygen atoms in total. The molecule has 0 fully saturated rings. The van der Waals surface area contributed by atoms with E-state index in [9.17, 15) is 14.0 Å². The Morgan fingerprint density at radius 1 is 1.24 bits per heavy atom. The fourth-order valence-electron chi connectivity index (χ4n) is 2.27. The van der Waals surface area contributed by atoms with Crippen LogP contribution in [0.15, 0.2) is 42.5 Å². The van der Waals surface area contributed by atoms with E-state index in [-0.39, 0.29) is 23.7 Å². The van der Waals surface area contributed by atoms with E-state index in [4.69, 9.17) is 5.73 Å². The molecule has 1 aliphatic rings. The summed E-state index contributed by atoms with van der Waals surface area (Å²) in [7, 11) is 0. The molecular weight excluding hydrogens is 273 g/mol. The van der Waals surface area contributed by atoms with Gasteiger partial charge < -0.3 is 11.1 Å². The summed E-state index contributed by atoms with van der Waals surface area (Å²) in [4.78, 5) is 25.6. The van der Waals surface area contributed by atoms with Crippen molar-refractivity contribution in [2.45, 2.75) is 0 Å². The molecule has 0 aliphatic carbocycles. The Kier molecular flexibility index (Phi) is 3.06. The first-order valence-electron chi connectivity index (χ1n) is 6.32. The first-order valence-corrected chi connectivity index (χ1v) is 6.32. The summed E-state index contributed by atoms with van der Waals surface area (Å²) in [6.07, 6.45) is 0. The molecular formula is C15H12FN3O2. The average Bonchev–Trinajstić information content (AvgIpc) is 2.48. The van der Waals surface area contributed by atoms with Crippen molar-refractivity contribution in [1.29, 1.82) is 0 Å². The number of carbonyl (C=O) groups excluding carboxylic acids is 2. The molecule has 3 N–H and O–H groups in total. The second-order valence-corrected chi connectivity index (χ2v) is 4.69. The van der Waals surface area contributed by atoms with E-state index in [0.717, 1.165) is 6.07 Å². The van der Waals surface area contributed by atoms with Gasteiger partial charge in [0.2, 0.25) is 5.91 Å². The van der Waals surface area contributed by atoms with E-state index >= 15 is 0 Å². The summed E-state index contributed by atoms with van der Waals surface area (Å²) in [6.45, 7) is -0.133. The van der Waals surface area contributed by atoms with Gasteiger partial charge in [-0.3, -0.25) is 14.5 Å². The predicted octanol–water partition coefficient (Wildman–Crippen LogP) is 2.01. The second kappa shape index (κ2) is 4.90. The number of amides is 2. The van der Waals surface area contributed by atoms with Gasteiger partial charge in [0.1, 0.15) is 12.4 Å². The molecule has 0 radical (unpaired) electrons. The lowest BCUT2D eigenvalue weighted by Crippen LogP contribution is -2.42. The number of carbonyl (C=O) groups is 2. The van der Waals surface area contributed by atoms with Crippen molar-refractivity contribution in [3.63, 3.8) is 0 Å². The summed E-state index contributed by atoms with van der Waals surface area (Å²) in [5.74, 6) is -1.37. The number of hydrogen-bond acceptors (Lipinski definition) is 3. The molecule has 1 heterocycles. The van der Waals surface area contributed by atoms with Crippen molar-refractivity contribution >= 4 is 28.9 Å². The summed E-state index contributed by atoms with van der Waals surface area (Å²) < 4.78 is 13.3. The Balaban J connectivity index is 2.06. The molecule has 2 aromatic carbocycles. The number of fused-ring (bicyclic) bond motifs is 1. The summed E-state index contributed by atoms with van der Waals surface area (Å²) in [6, 6.07) is 10.5. The lowest BCUT2D eigenvalue weighted by atomic mass is 10.1. The second-order valence-electron chi connectivity index (χ2n) is 4.69. The normalized spacial score (nSPS) is 13.6. The summed E-state index contributed by atoms with van der Waals surface area (Å²) >= 11 is 0. The number of para-hydroxylation sites is 2. The smallest absolute Gasteiger partial charge is 0.261 e. The van der Waals surface area contributed by atoms with Crippen molar-refractivity contribution in [3.05, 3.63) is 53.8 Å². The minimum absolute atomic E-state index is 0.0412. The van der Waals surface area contributed by atoms with Crippen molar-refractivity contribution in [2.75, 3.05) is 22.5 Å². The number of nitrogens with zero attached hydrogens (tertiary/aromatic N) is 1. The van der Waals surface area contributed by atoms with Crippen molar-refractivity contribution in [2.24, 2.45) is 0 Å². The zero-order valence-corrected chi connectivity index (χ0v) is 11.0. The van der Waals surface area contributed by atoms with E-state index in [0.29, 0.717) is 11.4 Å². The Bertz CT molecular complexity index is 745. The predicted molar refractivity (Wildman–Crippen MR) is 77.6 cm³/mol. The molecule has 0 spiro atoms. The van der Waals surface area contributed by atoms with Crippen LogP contribution in [0.4, 0.5) is 21.5 Å². The largest absolute Gasteiger partial charge is 0.398 e. The molecule has 2 aromatic rings. The number of nitrogens with two attached hydrogens (primary N) is 1. The maximum Gasteiger partial charge on any atom is 0.261 e. The zero-order valence-electron chi connectivity index (χ0n) is 11.0. The highest BCUT2D eigenvalue weighted by Gasteiger charge is 2.28. The van der Waals surface area contributed by atoms with Crippen LogP contribution in [0.2, 0.25) is 0 Å². The number of rotatable bonds is 1. The molecule has 6 heteroatoms. The van der Waals surface area contributed by atoms with Gasteiger partial charge in [0.15, 0.2) is 0 Å². The van der Waals surface area contributed by atoms with Gasteiger partial charge in [0, 0.05) is 5.69 Å². The van der Waals surface area contributed by atoms with Crippen molar-refractivity contribution in [3.8, 4) is 0 Å². The highest BCUT2D eigenvalue weighted by Crippen LogP contribution is 2.30. The van der Waals surface area contributed by atoms with Crippen LogP contribution >= 0.6 is 0 Å². The molecule has 0 atom stereocenters. The molecule has 2 amide bonds. The zero-order chi connectivity index (χ0) is 15.0. The first-order chi connectivity index (χ1) is 10.1. The lowest BCUT2D eigenvalue weighted by Gasteiger charge is -2.29. The SMILES string of the molecule is Nc1ccc(F)cc1C(=O)N1CC(=O)Nc2ccccc21. The van der Waals surface area contributed by atoms with E-state index in [1.807, 2.05) is 0 Å². The number of halogens is 1. The van der Waals surface area contributed by atoms with Crippen LogP contribution in [0, 0.1) is 5.82 Å². The van der Waals surface area contributed by atoms with Crippen LogP contribution in [0.1, 0.15) is 10.4 Å². The van der Waals surface area contributed by atoms with Gasteiger partial charge >= 0.3 is 0 Å². The Hall–Kier alpha value is -2.89. The minimum Gasteiger partial charge on any atom is -0.398 e. The third kappa shape index (κ3) is 2.31. The average molecular weight is 285 g/mol. The van der Waals surface area contributed by atoms with Crippen molar-refractivity contribution in [1.82, 2.24) is 0 Å². The van der Waals surface area contributed by atoms with Crippen LogP contribution in [-0.4, -0.2) is 18.4 Å². The van der Waals surface area contributed by atoms with Crippen LogP contribution in [0.3, 0.4) is 0 Å². The molecule has 106 valence electrons. The van der Waals surface area contributed by atoms with Crippen LogP contribution in [0.25, 0.3) is 0 Å². The minimum atomic E-state index is -0.553. The standard InChI is InChI=1S/C15H12FN3O2/c16-9-5-6-11(17)10(7-9)15(21)19-8-14(20)18-12-3-1-2-4-13(12)19/h1-7H,8,17H2,(H,18,20). The van der Waals surface area contributed by atoms with Gasteiger partial charge in [-0.2, -0.15) is 0 Å². The number of benzene rings is 2. The molecule has 0 bridgehead atoms. The molecule has 0 aromatic heterocycles. The van der Waals surface area contributed by atoms with Gasteiger partial charge in [0.25, 0.3) is 5.91 Å². The van der Waals surface area contributed by atoms with Crippen LogP contribution < -0.4 is 16.0 Å². The van der Waals surface area contributed by atoms with Crippen LogP contribution in [0.5, 0.6) is 0 Å². The topological polar surface area (TPSA) is 75.4 Å². The molecule has 21 heavy (non-hydrogen) atoms. The maximum absolute atomic E-state index is 13.3. The van der Waals surface area contributed by atoms with Gasteiger partial charge in [0.05, 0.1) is 16.9 Å².